The monoisotopic (exact) mass is 252 g/mol. The molecule has 0 aliphatic rings. The van der Waals surface area contributed by atoms with E-state index in [2.05, 4.69) is 4.98 Å². The van der Waals surface area contributed by atoms with Gasteiger partial charge in [0.15, 0.2) is 0 Å². The molecule has 0 spiro atoms. The van der Waals surface area contributed by atoms with Crippen LogP contribution in [0.2, 0.25) is 0 Å². The highest BCUT2D eigenvalue weighted by Crippen LogP contribution is 2.06. The first kappa shape index (κ1) is 14.1. The first-order valence-corrected chi connectivity index (χ1v) is 5.43. The smallest absolute Gasteiger partial charge is 0.354 e. The lowest BCUT2D eigenvalue weighted by molar-refractivity contribution is 0.0627. The van der Waals surface area contributed by atoms with Gasteiger partial charge >= 0.3 is 5.97 Å². The second-order valence-corrected chi connectivity index (χ2v) is 3.93. The van der Waals surface area contributed by atoms with Gasteiger partial charge in [-0.2, -0.15) is 0 Å². The number of carboxylic acid groups (broad SMARTS) is 1. The molecule has 1 unspecified atom stereocenters. The largest absolute Gasteiger partial charge is 0.477 e. The van der Waals surface area contributed by atoms with Gasteiger partial charge in [0.1, 0.15) is 11.4 Å². The SMILES string of the molecule is COCC(C)N(C)C(=O)c1cccc(C(=O)O)n1. The molecule has 6 nitrogen and oxygen atoms in total. The number of nitrogens with zero attached hydrogens (tertiary/aromatic N) is 2. The van der Waals surface area contributed by atoms with Gasteiger partial charge in [0.25, 0.3) is 5.91 Å². The van der Waals surface area contributed by atoms with Gasteiger partial charge in [-0.25, -0.2) is 9.78 Å². The van der Waals surface area contributed by atoms with Crippen molar-refractivity contribution in [1.82, 2.24) is 9.88 Å². The van der Waals surface area contributed by atoms with E-state index in [1.807, 2.05) is 6.92 Å². The molecule has 0 radical (unpaired) electrons. The number of likely N-dealkylation sites (N-methyl/N-ethyl adjacent to an activating group) is 1. The van der Waals surface area contributed by atoms with E-state index in [4.69, 9.17) is 9.84 Å². The standard InChI is InChI=1S/C12H16N2O4/c1-8(7-18-3)14(2)11(15)9-5-4-6-10(13-9)12(16)17/h4-6,8H,7H2,1-3H3,(H,16,17). The number of carbonyl (C=O) groups excluding carboxylic acids is 1. The van der Waals surface area contributed by atoms with E-state index in [-0.39, 0.29) is 23.3 Å². The van der Waals surface area contributed by atoms with Crippen molar-refractivity contribution in [3.8, 4) is 0 Å². The molecule has 1 atom stereocenters. The summed E-state index contributed by atoms with van der Waals surface area (Å²) >= 11 is 0. The van der Waals surface area contributed by atoms with Crippen LogP contribution >= 0.6 is 0 Å². The van der Waals surface area contributed by atoms with Crippen LogP contribution in [-0.4, -0.2) is 53.7 Å². The Bertz CT molecular complexity index is 447. The summed E-state index contributed by atoms with van der Waals surface area (Å²) in [6.45, 7) is 2.24. The zero-order valence-corrected chi connectivity index (χ0v) is 10.6. The lowest BCUT2D eigenvalue weighted by Gasteiger charge is -2.23. The quantitative estimate of drug-likeness (QED) is 0.841. The minimum atomic E-state index is -1.16. The Morgan fingerprint density at radius 3 is 2.61 bits per heavy atom. The maximum absolute atomic E-state index is 12.1. The summed E-state index contributed by atoms with van der Waals surface area (Å²) in [6, 6.07) is 4.22. The van der Waals surface area contributed by atoms with Crippen LogP contribution in [0.25, 0.3) is 0 Å². The zero-order chi connectivity index (χ0) is 13.7. The van der Waals surface area contributed by atoms with Crippen LogP contribution in [0.3, 0.4) is 0 Å². The highest BCUT2D eigenvalue weighted by Gasteiger charge is 2.19. The third kappa shape index (κ3) is 3.27. The van der Waals surface area contributed by atoms with Crippen LogP contribution < -0.4 is 0 Å². The van der Waals surface area contributed by atoms with Crippen LogP contribution in [0.1, 0.15) is 27.9 Å². The lowest BCUT2D eigenvalue weighted by atomic mass is 10.2. The molecule has 1 aromatic heterocycles. The van der Waals surface area contributed by atoms with Crippen molar-refractivity contribution >= 4 is 11.9 Å². The Morgan fingerprint density at radius 2 is 2.06 bits per heavy atom. The number of pyridine rings is 1. The predicted molar refractivity (Wildman–Crippen MR) is 64.6 cm³/mol. The highest BCUT2D eigenvalue weighted by molar-refractivity contribution is 5.94. The molecule has 0 saturated carbocycles. The molecule has 0 saturated heterocycles. The van der Waals surface area contributed by atoms with Gasteiger partial charge in [-0.15, -0.1) is 0 Å². The molecular formula is C12H16N2O4. The number of carboxylic acids is 1. The molecule has 0 aliphatic carbocycles. The molecule has 1 amide bonds. The molecule has 18 heavy (non-hydrogen) atoms. The van der Waals surface area contributed by atoms with Crippen LogP contribution in [0.5, 0.6) is 0 Å². The zero-order valence-electron chi connectivity index (χ0n) is 10.6. The van der Waals surface area contributed by atoms with Crippen molar-refractivity contribution in [2.75, 3.05) is 20.8 Å². The predicted octanol–water partition coefficient (Wildman–Crippen LogP) is 0.887. The Morgan fingerprint density at radius 1 is 1.44 bits per heavy atom. The fourth-order valence-electron chi connectivity index (χ4n) is 1.41. The fourth-order valence-corrected chi connectivity index (χ4v) is 1.41. The van der Waals surface area contributed by atoms with Crippen molar-refractivity contribution in [1.29, 1.82) is 0 Å². The maximum Gasteiger partial charge on any atom is 0.354 e. The van der Waals surface area contributed by atoms with E-state index >= 15 is 0 Å². The van der Waals surface area contributed by atoms with Gasteiger partial charge < -0.3 is 14.7 Å². The first-order chi connectivity index (χ1) is 8.47. The van der Waals surface area contributed by atoms with E-state index < -0.39 is 5.97 Å². The molecule has 1 aromatic rings. The van der Waals surface area contributed by atoms with Gasteiger partial charge in [-0.1, -0.05) is 6.07 Å². The molecule has 0 aliphatic heterocycles. The van der Waals surface area contributed by atoms with Gasteiger partial charge in [-0.05, 0) is 19.1 Å². The van der Waals surface area contributed by atoms with Gasteiger partial charge in [0.05, 0.1) is 12.6 Å². The first-order valence-electron chi connectivity index (χ1n) is 5.43. The average Bonchev–Trinajstić information content (AvgIpc) is 2.37. The number of aromatic carboxylic acids is 1. The number of ether oxygens (including phenoxy) is 1. The van der Waals surface area contributed by atoms with E-state index in [1.165, 1.54) is 23.1 Å². The Hall–Kier alpha value is -1.95. The van der Waals surface area contributed by atoms with Gasteiger partial charge in [-0.3, -0.25) is 4.79 Å². The van der Waals surface area contributed by atoms with Gasteiger partial charge in [0.2, 0.25) is 0 Å². The normalized spacial score (nSPS) is 11.9. The van der Waals surface area contributed by atoms with Crippen molar-refractivity contribution in [2.24, 2.45) is 0 Å². The van der Waals surface area contributed by atoms with Gasteiger partial charge in [0, 0.05) is 14.2 Å². The summed E-state index contributed by atoms with van der Waals surface area (Å²) in [5.74, 6) is -1.49. The summed E-state index contributed by atoms with van der Waals surface area (Å²) < 4.78 is 4.96. The Kier molecular flexibility index (Phi) is 4.79. The van der Waals surface area contributed by atoms with Crippen LogP contribution in [0.15, 0.2) is 18.2 Å². The lowest BCUT2D eigenvalue weighted by Crippen LogP contribution is -2.38. The van der Waals surface area contributed by atoms with Crippen molar-refractivity contribution in [2.45, 2.75) is 13.0 Å². The number of hydrogen-bond acceptors (Lipinski definition) is 4. The van der Waals surface area contributed by atoms with Crippen LogP contribution in [0.4, 0.5) is 0 Å². The maximum atomic E-state index is 12.1. The minimum absolute atomic E-state index is 0.111. The molecule has 98 valence electrons. The van der Waals surface area contributed by atoms with Crippen LogP contribution in [0, 0.1) is 0 Å². The van der Waals surface area contributed by atoms with Crippen molar-refractivity contribution in [3.63, 3.8) is 0 Å². The third-order valence-corrected chi connectivity index (χ3v) is 2.58. The summed E-state index contributed by atoms with van der Waals surface area (Å²) in [4.78, 5) is 28.1. The number of hydrogen-bond donors (Lipinski definition) is 1. The summed E-state index contributed by atoms with van der Waals surface area (Å²) in [5, 5.41) is 8.82. The summed E-state index contributed by atoms with van der Waals surface area (Å²) in [7, 11) is 3.18. The molecule has 1 N–H and O–H groups in total. The van der Waals surface area contributed by atoms with E-state index in [1.54, 1.807) is 14.2 Å². The number of rotatable bonds is 5. The van der Waals surface area contributed by atoms with Crippen molar-refractivity contribution < 1.29 is 19.4 Å². The molecule has 1 heterocycles. The van der Waals surface area contributed by atoms with E-state index in [0.29, 0.717) is 6.61 Å². The molecule has 6 heteroatoms. The topological polar surface area (TPSA) is 79.7 Å². The molecular weight excluding hydrogens is 236 g/mol. The van der Waals surface area contributed by atoms with E-state index in [9.17, 15) is 9.59 Å². The Balaban J connectivity index is 2.89. The third-order valence-electron chi connectivity index (χ3n) is 2.58. The van der Waals surface area contributed by atoms with E-state index in [0.717, 1.165) is 0 Å². The number of amides is 1. The number of carbonyl (C=O) groups is 2. The average molecular weight is 252 g/mol. The fraction of sp³-hybridized carbons (Fsp3) is 0.417. The number of methoxy groups -OCH3 is 1. The van der Waals surface area contributed by atoms with Crippen LogP contribution in [-0.2, 0) is 4.74 Å². The molecule has 0 aromatic carbocycles. The number of aromatic nitrogens is 1. The highest BCUT2D eigenvalue weighted by atomic mass is 16.5. The summed E-state index contributed by atoms with van der Waals surface area (Å²) in [5.41, 5.74) is -0.0333. The van der Waals surface area contributed by atoms with Crippen molar-refractivity contribution in [3.05, 3.63) is 29.6 Å². The molecule has 0 bridgehead atoms. The minimum Gasteiger partial charge on any atom is -0.477 e. The molecule has 1 rings (SSSR count). The summed E-state index contributed by atoms with van der Waals surface area (Å²) in [6.07, 6.45) is 0. The Labute approximate surface area is 105 Å². The second kappa shape index (κ2) is 6.11. The second-order valence-electron chi connectivity index (χ2n) is 3.93. The molecule has 0 fully saturated rings.